The van der Waals surface area contributed by atoms with E-state index < -0.39 is 18.2 Å². The molecule has 0 saturated carbocycles. The van der Waals surface area contributed by atoms with Gasteiger partial charge in [0.15, 0.2) is 11.9 Å². The van der Waals surface area contributed by atoms with Crippen LogP contribution in [0.1, 0.15) is 11.7 Å². The lowest BCUT2D eigenvalue weighted by Crippen LogP contribution is -2.27. The SMILES string of the molecule is O=C(O)C(O)C(O)c1ccc(-c2ccno2)cc1. The Hall–Kier alpha value is -2.18. The fourth-order valence-corrected chi connectivity index (χ4v) is 1.53. The van der Waals surface area contributed by atoms with E-state index in [0.717, 1.165) is 5.56 Å². The number of aromatic nitrogens is 1. The second-order valence-electron chi connectivity index (χ2n) is 3.73. The van der Waals surface area contributed by atoms with Crippen molar-refractivity contribution in [1.29, 1.82) is 0 Å². The van der Waals surface area contributed by atoms with E-state index in [2.05, 4.69) is 5.16 Å². The van der Waals surface area contributed by atoms with Crippen molar-refractivity contribution in [3.8, 4) is 11.3 Å². The molecule has 1 heterocycles. The molecule has 0 spiro atoms. The van der Waals surface area contributed by atoms with Crippen LogP contribution in [0.15, 0.2) is 41.1 Å². The van der Waals surface area contributed by atoms with Crippen molar-refractivity contribution < 1.29 is 24.6 Å². The molecule has 0 fully saturated rings. The zero-order valence-electron chi connectivity index (χ0n) is 9.22. The van der Waals surface area contributed by atoms with Gasteiger partial charge in [0.2, 0.25) is 0 Å². The number of aliphatic hydroxyl groups is 2. The Morgan fingerprint density at radius 2 is 1.83 bits per heavy atom. The molecule has 18 heavy (non-hydrogen) atoms. The first-order chi connectivity index (χ1) is 8.59. The van der Waals surface area contributed by atoms with Crippen molar-refractivity contribution in [3.63, 3.8) is 0 Å². The number of aliphatic carboxylic acids is 1. The van der Waals surface area contributed by atoms with Gasteiger partial charge in [-0.2, -0.15) is 0 Å². The molecule has 2 aromatic rings. The number of nitrogens with zero attached hydrogens (tertiary/aromatic N) is 1. The molecule has 0 amide bonds. The normalized spacial score (nSPS) is 14.1. The van der Waals surface area contributed by atoms with Crippen LogP contribution in [0.2, 0.25) is 0 Å². The molecular weight excluding hydrogens is 238 g/mol. The molecule has 2 atom stereocenters. The molecule has 2 rings (SSSR count). The van der Waals surface area contributed by atoms with Gasteiger partial charge in [0.05, 0.1) is 6.20 Å². The molecule has 2 unspecified atom stereocenters. The molecular formula is C12H11NO5. The van der Waals surface area contributed by atoms with Crippen molar-refractivity contribution in [2.45, 2.75) is 12.2 Å². The first-order valence-corrected chi connectivity index (χ1v) is 5.19. The van der Waals surface area contributed by atoms with Gasteiger partial charge < -0.3 is 19.8 Å². The molecule has 1 aromatic carbocycles. The first kappa shape index (κ1) is 12.3. The van der Waals surface area contributed by atoms with Crippen molar-refractivity contribution in [2.24, 2.45) is 0 Å². The van der Waals surface area contributed by atoms with Crippen LogP contribution in [-0.2, 0) is 4.79 Å². The number of carboxylic acids is 1. The highest BCUT2D eigenvalue weighted by Gasteiger charge is 2.24. The average Bonchev–Trinajstić information content (AvgIpc) is 2.91. The quantitative estimate of drug-likeness (QED) is 0.741. The number of aliphatic hydroxyl groups excluding tert-OH is 2. The summed E-state index contributed by atoms with van der Waals surface area (Å²) in [5, 5.41) is 31.0. The zero-order valence-corrected chi connectivity index (χ0v) is 9.22. The maximum atomic E-state index is 10.5. The van der Waals surface area contributed by atoms with Crippen LogP contribution < -0.4 is 0 Å². The van der Waals surface area contributed by atoms with E-state index in [4.69, 9.17) is 9.63 Å². The summed E-state index contributed by atoms with van der Waals surface area (Å²) in [6.45, 7) is 0. The van der Waals surface area contributed by atoms with Crippen LogP contribution in [0.4, 0.5) is 0 Å². The Morgan fingerprint density at radius 1 is 1.17 bits per heavy atom. The molecule has 0 bridgehead atoms. The predicted octanol–water partition coefficient (Wildman–Crippen LogP) is 0.821. The summed E-state index contributed by atoms with van der Waals surface area (Å²) in [4.78, 5) is 10.5. The average molecular weight is 249 g/mol. The molecule has 94 valence electrons. The van der Waals surface area contributed by atoms with Crippen LogP contribution in [0.5, 0.6) is 0 Å². The van der Waals surface area contributed by atoms with Gasteiger partial charge in [0.1, 0.15) is 6.10 Å². The fraction of sp³-hybridized carbons (Fsp3) is 0.167. The largest absolute Gasteiger partial charge is 0.479 e. The van der Waals surface area contributed by atoms with Crippen molar-refractivity contribution in [3.05, 3.63) is 42.1 Å². The van der Waals surface area contributed by atoms with Gasteiger partial charge in [-0.15, -0.1) is 0 Å². The third kappa shape index (κ3) is 2.39. The molecule has 0 saturated heterocycles. The standard InChI is InChI=1S/C12H11NO5/c14-10(11(15)12(16)17)8-3-1-7(2-4-8)9-5-6-13-18-9/h1-6,10-11,14-15H,(H,16,17). The summed E-state index contributed by atoms with van der Waals surface area (Å²) in [5.41, 5.74) is 1.06. The Morgan fingerprint density at radius 3 is 2.33 bits per heavy atom. The van der Waals surface area contributed by atoms with Crippen LogP contribution in [0.25, 0.3) is 11.3 Å². The summed E-state index contributed by atoms with van der Waals surface area (Å²) < 4.78 is 4.95. The predicted molar refractivity (Wildman–Crippen MR) is 60.5 cm³/mol. The highest BCUT2D eigenvalue weighted by molar-refractivity contribution is 5.73. The minimum atomic E-state index is -1.85. The number of benzene rings is 1. The van der Waals surface area contributed by atoms with Gasteiger partial charge in [-0.3, -0.25) is 0 Å². The molecule has 0 aliphatic heterocycles. The monoisotopic (exact) mass is 249 g/mol. The van der Waals surface area contributed by atoms with Crippen LogP contribution in [-0.4, -0.2) is 32.5 Å². The Labute approximate surface area is 102 Å². The lowest BCUT2D eigenvalue weighted by Gasteiger charge is -2.14. The number of carboxylic acid groups (broad SMARTS) is 1. The summed E-state index contributed by atoms with van der Waals surface area (Å²) in [7, 11) is 0. The van der Waals surface area contributed by atoms with Crippen molar-refractivity contribution >= 4 is 5.97 Å². The van der Waals surface area contributed by atoms with Gasteiger partial charge in [0, 0.05) is 11.6 Å². The minimum absolute atomic E-state index is 0.313. The number of carbonyl (C=O) groups is 1. The highest BCUT2D eigenvalue weighted by atomic mass is 16.5. The van der Waals surface area contributed by atoms with E-state index in [1.54, 1.807) is 18.2 Å². The molecule has 6 heteroatoms. The van der Waals surface area contributed by atoms with Crippen LogP contribution in [0.3, 0.4) is 0 Å². The number of hydrogen-bond donors (Lipinski definition) is 3. The van der Waals surface area contributed by atoms with Crippen LogP contribution >= 0.6 is 0 Å². The topological polar surface area (TPSA) is 104 Å². The molecule has 1 aromatic heterocycles. The van der Waals surface area contributed by atoms with Crippen molar-refractivity contribution in [2.75, 3.05) is 0 Å². The zero-order chi connectivity index (χ0) is 13.1. The van der Waals surface area contributed by atoms with E-state index in [-0.39, 0.29) is 0 Å². The lowest BCUT2D eigenvalue weighted by atomic mass is 10.0. The fourth-order valence-electron chi connectivity index (χ4n) is 1.53. The van der Waals surface area contributed by atoms with Gasteiger partial charge in [-0.25, -0.2) is 4.79 Å². The van der Waals surface area contributed by atoms with E-state index in [1.165, 1.54) is 18.3 Å². The van der Waals surface area contributed by atoms with Gasteiger partial charge in [-0.1, -0.05) is 29.4 Å². The maximum absolute atomic E-state index is 10.5. The Balaban J connectivity index is 2.20. The molecule has 3 N–H and O–H groups in total. The molecule has 0 radical (unpaired) electrons. The Bertz CT molecular complexity index is 520. The van der Waals surface area contributed by atoms with Gasteiger partial charge >= 0.3 is 5.97 Å². The second-order valence-corrected chi connectivity index (χ2v) is 3.73. The first-order valence-electron chi connectivity index (χ1n) is 5.19. The second kappa shape index (κ2) is 4.99. The third-order valence-corrected chi connectivity index (χ3v) is 2.53. The third-order valence-electron chi connectivity index (χ3n) is 2.53. The number of rotatable bonds is 4. The molecule has 6 nitrogen and oxygen atoms in total. The van der Waals surface area contributed by atoms with Gasteiger partial charge in [-0.05, 0) is 5.56 Å². The van der Waals surface area contributed by atoms with E-state index in [1.807, 2.05) is 0 Å². The van der Waals surface area contributed by atoms with E-state index >= 15 is 0 Å². The van der Waals surface area contributed by atoms with Crippen molar-refractivity contribution in [1.82, 2.24) is 5.16 Å². The summed E-state index contributed by atoms with van der Waals surface area (Å²) >= 11 is 0. The summed E-state index contributed by atoms with van der Waals surface area (Å²) in [6, 6.07) is 8.02. The van der Waals surface area contributed by atoms with Gasteiger partial charge in [0.25, 0.3) is 0 Å². The summed E-state index contributed by atoms with van der Waals surface area (Å²) in [6.07, 6.45) is -1.81. The van der Waals surface area contributed by atoms with Crippen LogP contribution in [0, 0.1) is 0 Å². The maximum Gasteiger partial charge on any atom is 0.335 e. The Kier molecular flexibility index (Phi) is 3.40. The molecule has 0 aliphatic carbocycles. The summed E-state index contributed by atoms with van der Waals surface area (Å²) in [5.74, 6) is -0.906. The van der Waals surface area contributed by atoms with E-state index in [0.29, 0.717) is 11.3 Å². The smallest absolute Gasteiger partial charge is 0.335 e. The lowest BCUT2D eigenvalue weighted by molar-refractivity contribution is -0.153. The van der Waals surface area contributed by atoms with E-state index in [9.17, 15) is 15.0 Å². The minimum Gasteiger partial charge on any atom is -0.479 e. The number of hydrogen-bond acceptors (Lipinski definition) is 5. The molecule has 0 aliphatic rings. The highest BCUT2D eigenvalue weighted by Crippen LogP contribution is 2.23.